The zero-order valence-corrected chi connectivity index (χ0v) is 14.8. The van der Waals surface area contributed by atoms with Crippen LogP contribution in [0.3, 0.4) is 0 Å². The van der Waals surface area contributed by atoms with Crippen LogP contribution in [-0.4, -0.2) is 56.6 Å². The molecule has 24 heavy (non-hydrogen) atoms. The summed E-state index contributed by atoms with van der Waals surface area (Å²) in [4.78, 5) is 25.2. The summed E-state index contributed by atoms with van der Waals surface area (Å²) < 4.78 is 10.4. The summed E-state index contributed by atoms with van der Waals surface area (Å²) in [5.41, 5.74) is 5.51. The van der Waals surface area contributed by atoms with Gasteiger partial charge in [-0.2, -0.15) is 0 Å². The smallest absolute Gasteiger partial charge is 0.255 e. The molecule has 2 amide bonds. The number of hydrogen-bond donors (Lipinski definition) is 2. The molecule has 0 heterocycles. The Hall–Kier alpha value is -2.28. The van der Waals surface area contributed by atoms with Crippen molar-refractivity contribution in [3.8, 4) is 11.5 Å². The summed E-state index contributed by atoms with van der Waals surface area (Å²) in [6.07, 6.45) is 1.06. The van der Waals surface area contributed by atoms with Gasteiger partial charge in [0, 0.05) is 24.7 Å². The van der Waals surface area contributed by atoms with E-state index in [0.29, 0.717) is 29.6 Å². The van der Waals surface area contributed by atoms with Gasteiger partial charge >= 0.3 is 0 Å². The van der Waals surface area contributed by atoms with E-state index < -0.39 is 5.91 Å². The van der Waals surface area contributed by atoms with Crippen LogP contribution in [0, 0.1) is 0 Å². The number of ether oxygens (including phenoxy) is 2. The maximum atomic E-state index is 12.2. The number of rotatable bonds is 10. The van der Waals surface area contributed by atoms with E-state index in [1.807, 2.05) is 7.05 Å². The van der Waals surface area contributed by atoms with Crippen LogP contribution in [0.25, 0.3) is 0 Å². The number of nitrogens with zero attached hydrogens (tertiary/aromatic N) is 1. The Balaban J connectivity index is 2.62. The zero-order valence-electron chi connectivity index (χ0n) is 14.8. The second-order valence-corrected chi connectivity index (χ2v) is 5.61. The highest BCUT2D eigenvalue weighted by molar-refractivity contribution is 5.94. The largest absolute Gasteiger partial charge is 0.493 e. The van der Waals surface area contributed by atoms with Crippen molar-refractivity contribution in [1.82, 2.24) is 10.2 Å². The van der Waals surface area contributed by atoms with Crippen LogP contribution < -0.4 is 20.5 Å². The van der Waals surface area contributed by atoms with E-state index in [1.54, 1.807) is 18.2 Å². The molecular weight excluding hydrogens is 310 g/mol. The van der Waals surface area contributed by atoms with Gasteiger partial charge in [0.15, 0.2) is 18.1 Å². The minimum Gasteiger partial charge on any atom is -0.493 e. The molecule has 3 N–H and O–H groups in total. The van der Waals surface area contributed by atoms with E-state index in [0.717, 1.165) is 13.0 Å². The van der Waals surface area contributed by atoms with Crippen LogP contribution in [0.1, 0.15) is 30.6 Å². The number of likely N-dealkylation sites (N-methyl/N-ethyl adjacent to an activating group) is 1. The molecule has 0 unspecified atom stereocenters. The van der Waals surface area contributed by atoms with Gasteiger partial charge in [-0.25, -0.2) is 0 Å². The average Bonchev–Trinajstić information content (AvgIpc) is 2.58. The molecule has 7 heteroatoms. The lowest BCUT2D eigenvalue weighted by molar-refractivity contribution is -0.119. The first-order chi connectivity index (χ1) is 11.4. The second kappa shape index (κ2) is 9.77. The third-order valence-electron chi connectivity index (χ3n) is 3.89. The molecule has 0 radical (unpaired) electrons. The Morgan fingerprint density at radius 3 is 2.62 bits per heavy atom. The highest BCUT2D eigenvalue weighted by Crippen LogP contribution is 2.27. The maximum Gasteiger partial charge on any atom is 0.255 e. The van der Waals surface area contributed by atoms with Crippen LogP contribution >= 0.6 is 0 Å². The SMILES string of the molecule is CC[C@@H](C)N(C)CCNC(=O)c1ccc(OCC(N)=O)c(OC)c1. The predicted octanol–water partition coefficient (Wildman–Crippen LogP) is 1.02. The van der Waals surface area contributed by atoms with Gasteiger partial charge in [-0.15, -0.1) is 0 Å². The van der Waals surface area contributed by atoms with E-state index in [-0.39, 0.29) is 12.5 Å². The van der Waals surface area contributed by atoms with Crippen molar-refractivity contribution < 1.29 is 19.1 Å². The molecular formula is C17H27N3O4. The van der Waals surface area contributed by atoms with Gasteiger partial charge in [0.05, 0.1) is 7.11 Å². The number of benzene rings is 1. The fraction of sp³-hybridized carbons (Fsp3) is 0.529. The molecule has 7 nitrogen and oxygen atoms in total. The molecule has 1 aromatic carbocycles. The molecule has 1 rings (SSSR count). The Kier molecular flexibility index (Phi) is 8.05. The maximum absolute atomic E-state index is 12.2. The van der Waals surface area contributed by atoms with E-state index in [4.69, 9.17) is 15.2 Å². The molecule has 0 spiro atoms. The summed E-state index contributed by atoms with van der Waals surface area (Å²) in [7, 11) is 3.50. The molecule has 0 saturated carbocycles. The van der Waals surface area contributed by atoms with Gasteiger partial charge in [0.1, 0.15) is 0 Å². The fourth-order valence-corrected chi connectivity index (χ4v) is 2.06. The Morgan fingerprint density at radius 1 is 1.33 bits per heavy atom. The lowest BCUT2D eigenvalue weighted by Crippen LogP contribution is -2.37. The molecule has 0 saturated heterocycles. The van der Waals surface area contributed by atoms with Gasteiger partial charge in [-0.3, -0.25) is 9.59 Å². The van der Waals surface area contributed by atoms with Crippen molar-refractivity contribution >= 4 is 11.8 Å². The van der Waals surface area contributed by atoms with Crippen molar-refractivity contribution in [3.63, 3.8) is 0 Å². The first-order valence-corrected chi connectivity index (χ1v) is 7.96. The second-order valence-electron chi connectivity index (χ2n) is 5.61. The monoisotopic (exact) mass is 337 g/mol. The Labute approximate surface area is 143 Å². The number of hydrogen-bond acceptors (Lipinski definition) is 5. The van der Waals surface area contributed by atoms with Gasteiger partial charge in [-0.1, -0.05) is 6.92 Å². The summed E-state index contributed by atoms with van der Waals surface area (Å²) in [5.74, 6) is -0.0263. The molecule has 1 atom stereocenters. The summed E-state index contributed by atoms with van der Waals surface area (Å²) >= 11 is 0. The van der Waals surface area contributed by atoms with Crippen molar-refractivity contribution in [2.75, 3.05) is 33.9 Å². The molecule has 0 aromatic heterocycles. The predicted molar refractivity (Wildman–Crippen MR) is 92.4 cm³/mol. The third-order valence-corrected chi connectivity index (χ3v) is 3.89. The number of carbonyl (C=O) groups is 2. The van der Waals surface area contributed by atoms with Crippen molar-refractivity contribution in [2.45, 2.75) is 26.3 Å². The van der Waals surface area contributed by atoms with Gasteiger partial charge < -0.3 is 25.4 Å². The van der Waals surface area contributed by atoms with Crippen LogP contribution in [0.2, 0.25) is 0 Å². The number of methoxy groups -OCH3 is 1. The number of nitrogens with two attached hydrogens (primary N) is 1. The van der Waals surface area contributed by atoms with Crippen molar-refractivity contribution in [2.24, 2.45) is 5.73 Å². The van der Waals surface area contributed by atoms with Crippen molar-refractivity contribution in [1.29, 1.82) is 0 Å². The molecule has 0 aliphatic rings. The van der Waals surface area contributed by atoms with Gasteiger partial charge in [0.25, 0.3) is 11.8 Å². The lowest BCUT2D eigenvalue weighted by Gasteiger charge is -2.23. The molecule has 0 fully saturated rings. The Bertz CT molecular complexity index is 563. The normalized spacial score (nSPS) is 11.9. The minimum absolute atomic E-state index is 0.188. The van der Waals surface area contributed by atoms with Crippen LogP contribution in [-0.2, 0) is 4.79 Å². The quantitative estimate of drug-likeness (QED) is 0.665. The van der Waals surface area contributed by atoms with E-state index in [1.165, 1.54) is 7.11 Å². The molecule has 0 aliphatic heterocycles. The number of nitrogens with one attached hydrogen (secondary N) is 1. The first-order valence-electron chi connectivity index (χ1n) is 7.96. The average molecular weight is 337 g/mol. The number of amides is 2. The highest BCUT2D eigenvalue weighted by Gasteiger charge is 2.12. The topological polar surface area (TPSA) is 93.9 Å². The number of carbonyl (C=O) groups excluding carboxylic acids is 2. The van der Waals surface area contributed by atoms with E-state index in [2.05, 4.69) is 24.1 Å². The summed E-state index contributed by atoms with van der Waals surface area (Å²) in [6, 6.07) is 5.25. The van der Waals surface area contributed by atoms with E-state index >= 15 is 0 Å². The van der Waals surface area contributed by atoms with Crippen LogP contribution in [0.15, 0.2) is 18.2 Å². The molecule has 0 bridgehead atoms. The standard InChI is InChI=1S/C17H27N3O4/c1-5-12(2)20(3)9-8-19-17(22)13-6-7-14(15(10-13)23-4)24-11-16(18)21/h6-7,10,12H,5,8-9,11H2,1-4H3,(H2,18,21)(H,19,22)/t12-/m1/s1. The van der Waals surface area contributed by atoms with Gasteiger partial charge in [-0.05, 0) is 38.6 Å². The minimum atomic E-state index is -0.579. The van der Waals surface area contributed by atoms with Crippen LogP contribution in [0.4, 0.5) is 0 Å². The number of primary amides is 1. The molecule has 0 aliphatic carbocycles. The van der Waals surface area contributed by atoms with Crippen molar-refractivity contribution in [3.05, 3.63) is 23.8 Å². The first kappa shape index (κ1) is 19.8. The summed E-state index contributed by atoms with van der Waals surface area (Å²) in [5, 5.41) is 2.88. The fourth-order valence-electron chi connectivity index (χ4n) is 2.06. The van der Waals surface area contributed by atoms with Gasteiger partial charge in [0.2, 0.25) is 0 Å². The lowest BCUT2D eigenvalue weighted by atomic mass is 10.2. The highest BCUT2D eigenvalue weighted by atomic mass is 16.5. The van der Waals surface area contributed by atoms with E-state index in [9.17, 15) is 9.59 Å². The Morgan fingerprint density at radius 2 is 2.04 bits per heavy atom. The van der Waals surface area contributed by atoms with Crippen LogP contribution in [0.5, 0.6) is 11.5 Å². The molecule has 134 valence electrons. The third kappa shape index (κ3) is 6.08. The summed E-state index contributed by atoms with van der Waals surface area (Å²) in [6.45, 7) is 5.37. The molecule has 1 aromatic rings. The zero-order chi connectivity index (χ0) is 18.1.